The summed E-state index contributed by atoms with van der Waals surface area (Å²) in [6.45, 7) is 2.21. The van der Waals surface area contributed by atoms with Crippen LogP contribution in [0.2, 0.25) is 0 Å². The first-order valence-corrected chi connectivity index (χ1v) is 7.84. The lowest BCUT2D eigenvalue weighted by Crippen LogP contribution is -2.16. The van der Waals surface area contributed by atoms with E-state index in [-0.39, 0.29) is 0 Å². The van der Waals surface area contributed by atoms with Gasteiger partial charge in [0.2, 0.25) is 0 Å². The minimum absolute atomic E-state index is 0.417. The third kappa shape index (κ3) is 3.00. The maximum atomic E-state index is 4.70. The van der Waals surface area contributed by atoms with Crippen LogP contribution in [0.5, 0.6) is 0 Å². The summed E-state index contributed by atoms with van der Waals surface area (Å²) >= 11 is 0. The second-order valence-electron chi connectivity index (χ2n) is 6.29. The monoisotopic (exact) mass is 284 g/mol. The van der Waals surface area contributed by atoms with Crippen molar-refractivity contribution in [1.29, 1.82) is 0 Å². The molecule has 112 valence electrons. The van der Waals surface area contributed by atoms with Crippen molar-refractivity contribution in [3.05, 3.63) is 35.7 Å². The van der Waals surface area contributed by atoms with E-state index in [0.29, 0.717) is 12.0 Å². The van der Waals surface area contributed by atoms with Gasteiger partial charge >= 0.3 is 0 Å². The van der Waals surface area contributed by atoms with Crippen molar-refractivity contribution < 1.29 is 0 Å². The van der Waals surface area contributed by atoms with Crippen molar-refractivity contribution in [3.63, 3.8) is 0 Å². The van der Waals surface area contributed by atoms with Gasteiger partial charge in [-0.25, -0.2) is 4.98 Å². The lowest BCUT2D eigenvalue weighted by Gasteiger charge is -2.20. The van der Waals surface area contributed by atoms with E-state index in [4.69, 9.17) is 4.98 Å². The molecule has 1 aliphatic carbocycles. The minimum Gasteiger partial charge on any atom is -0.303 e. The number of aromatic nitrogens is 3. The molecule has 0 radical (unpaired) electrons. The Morgan fingerprint density at radius 2 is 1.81 bits per heavy atom. The van der Waals surface area contributed by atoms with Crippen molar-refractivity contribution in [2.45, 2.75) is 44.6 Å². The van der Waals surface area contributed by atoms with E-state index in [1.54, 1.807) is 0 Å². The van der Waals surface area contributed by atoms with Gasteiger partial charge in [0.1, 0.15) is 5.82 Å². The molecule has 1 aliphatic rings. The van der Waals surface area contributed by atoms with Gasteiger partial charge in [-0.15, -0.1) is 0 Å². The molecule has 1 fully saturated rings. The molecule has 1 N–H and O–H groups in total. The van der Waals surface area contributed by atoms with Crippen LogP contribution >= 0.6 is 0 Å². The summed E-state index contributed by atoms with van der Waals surface area (Å²) in [5, 5.41) is 7.53. The molecule has 1 aromatic heterocycles. The molecule has 1 heterocycles. The lowest BCUT2D eigenvalue weighted by molar-refractivity contribution is 0.321. The summed E-state index contributed by atoms with van der Waals surface area (Å²) in [6, 6.07) is 9.01. The fourth-order valence-electron chi connectivity index (χ4n) is 2.99. The molecule has 0 spiro atoms. The largest absolute Gasteiger partial charge is 0.303 e. The van der Waals surface area contributed by atoms with Crippen LogP contribution in [-0.2, 0) is 0 Å². The Bertz CT molecular complexity index is 579. The van der Waals surface area contributed by atoms with Crippen LogP contribution in [0.1, 0.15) is 56.0 Å². The third-order valence-electron chi connectivity index (χ3n) is 4.67. The molecule has 1 atom stereocenters. The summed E-state index contributed by atoms with van der Waals surface area (Å²) in [7, 11) is 4.20. The average Bonchev–Trinajstić information content (AvgIpc) is 3.17. The van der Waals surface area contributed by atoms with Gasteiger partial charge in [0.15, 0.2) is 5.82 Å². The topological polar surface area (TPSA) is 44.8 Å². The highest BCUT2D eigenvalue weighted by Crippen LogP contribution is 2.32. The lowest BCUT2D eigenvalue weighted by atomic mass is 10.1. The van der Waals surface area contributed by atoms with Crippen LogP contribution in [0.4, 0.5) is 0 Å². The van der Waals surface area contributed by atoms with Gasteiger partial charge in [0, 0.05) is 17.5 Å². The average molecular weight is 284 g/mol. The van der Waals surface area contributed by atoms with Crippen molar-refractivity contribution >= 4 is 0 Å². The zero-order valence-electron chi connectivity index (χ0n) is 13.1. The fourth-order valence-corrected chi connectivity index (χ4v) is 2.99. The molecule has 21 heavy (non-hydrogen) atoms. The first-order chi connectivity index (χ1) is 10.1. The Morgan fingerprint density at radius 3 is 2.43 bits per heavy atom. The predicted octanol–water partition coefficient (Wildman–Crippen LogP) is 3.75. The third-order valence-corrected chi connectivity index (χ3v) is 4.67. The molecule has 0 bridgehead atoms. The zero-order chi connectivity index (χ0) is 14.8. The fraction of sp³-hybridized carbons (Fsp3) is 0.529. The van der Waals surface area contributed by atoms with Crippen LogP contribution in [-0.4, -0.2) is 34.2 Å². The maximum Gasteiger partial charge on any atom is 0.181 e. The molecule has 0 amide bonds. The summed E-state index contributed by atoms with van der Waals surface area (Å²) in [5.41, 5.74) is 2.40. The minimum atomic E-state index is 0.417. The zero-order valence-corrected chi connectivity index (χ0v) is 13.1. The number of nitrogens with zero attached hydrogens (tertiary/aromatic N) is 3. The number of nitrogens with one attached hydrogen (secondary N) is 1. The van der Waals surface area contributed by atoms with E-state index in [9.17, 15) is 0 Å². The molecule has 1 aromatic carbocycles. The predicted molar refractivity (Wildman–Crippen MR) is 85.1 cm³/mol. The van der Waals surface area contributed by atoms with Gasteiger partial charge in [0.05, 0.1) is 0 Å². The smallest absolute Gasteiger partial charge is 0.181 e. The summed E-state index contributed by atoms with van der Waals surface area (Å²) in [5.74, 6) is 2.47. The second kappa shape index (κ2) is 5.98. The van der Waals surface area contributed by atoms with Gasteiger partial charge in [-0.05, 0) is 39.4 Å². The Balaban J connectivity index is 1.77. The van der Waals surface area contributed by atoms with Crippen LogP contribution in [0, 0.1) is 0 Å². The van der Waals surface area contributed by atoms with E-state index in [1.807, 2.05) is 0 Å². The highest BCUT2D eigenvalue weighted by Gasteiger charge is 2.20. The number of benzene rings is 1. The first kappa shape index (κ1) is 14.3. The molecule has 1 saturated carbocycles. The van der Waals surface area contributed by atoms with Gasteiger partial charge in [0.25, 0.3) is 0 Å². The van der Waals surface area contributed by atoms with E-state index in [2.05, 4.69) is 60.4 Å². The Hall–Kier alpha value is -1.68. The van der Waals surface area contributed by atoms with Crippen molar-refractivity contribution in [2.24, 2.45) is 0 Å². The molecule has 3 rings (SSSR count). The van der Waals surface area contributed by atoms with E-state index >= 15 is 0 Å². The van der Waals surface area contributed by atoms with Crippen molar-refractivity contribution in [2.75, 3.05) is 14.1 Å². The molecule has 4 heteroatoms. The van der Waals surface area contributed by atoms with Crippen molar-refractivity contribution in [3.8, 4) is 11.4 Å². The van der Waals surface area contributed by atoms with E-state index < -0.39 is 0 Å². The van der Waals surface area contributed by atoms with E-state index in [0.717, 1.165) is 17.2 Å². The quantitative estimate of drug-likeness (QED) is 0.930. The molecule has 2 aromatic rings. The first-order valence-electron chi connectivity index (χ1n) is 7.84. The number of rotatable bonds is 4. The van der Waals surface area contributed by atoms with E-state index in [1.165, 1.54) is 31.2 Å². The van der Waals surface area contributed by atoms with Crippen molar-refractivity contribution in [1.82, 2.24) is 20.1 Å². The standard InChI is InChI=1S/C17H24N4/c1-12(21(2)3)13-8-10-15(11-9-13)17-18-16(19-20-17)14-6-4-5-7-14/h8-12,14H,4-7H2,1-3H3,(H,18,19,20)/t12-/m1/s1. The molecule has 0 unspecified atom stereocenters. The second-order valence-corrected chi connectivity index (χ2v) is 6.29. The van der Waals surface area contributed by atoms with Crippen LogP contribution in [0.25, 0.3) is 11.4 Å². The Kier molecular flexibility index (Phi) is 4.06. The van der Waals surface area contributed by atoms with Gasteiger partial charge < -0.3 is 4.90 Å². The Morgan fingerprint density at radius 1 is 1.14 bits per heavy atom. The van der Waals surface area contributed by atoms with Crippen LogP contribution in [0.3, 0.4) is 0 Å². The summed E-state index contributed by atoms with van der Waals surface area (Å²) in [4.78, 5) is 6.90. The van der Waals surface area contributed by atoms with Gasteiger partial charge in [-0.2, -0.15) is 5.10 Å². The number of aromatic amines is 1. The number of hydrogen-bond donors (Lipinski definition) is 1. The SMILES string of the molecule is C[C@H](c1ccc(-c2n[nH]c(C3CCCC3)n2)cc1)N(C)C. The summed E-state index contributed by atoms with van der Waals surface area (Å²) in [6.07, 6.45) is 5.12. The highest BCUT2D eigenvalue weighted by molar-refractivity contribution is 5.55. The molecule has 4 nitrogen and oxygen atoms in total. The molecule has 0 saturated heterocycles. The highest BCUT2D eigenvalue weighted by atomic mass is 15.2. The maximum absolute atomic E-state index is 4.70. The molecule has 0 aliphatic heterocycles. The van der Waals surface area contributed by atoms with Gasteiger partial charge in [-0.3, -0.25) is 5.10 Å². The molecular weight excluding hydrogens is 260 g/mol. The number of hydrogen-bond acceptors (Lipinski definition) is 3. The number of H-pyrrole nitrogens is 1. The Labute approximate surface area is 126 Å². The van der Waals surface area contributed by atoms with Crippen LogP contribution < -0.4 is 0 Å². The normalized spacial score (nSPS) is 17.5. The van der Waals surface area contributed by atoms with Gasteiger partial charge in [-0.1, -0.05) is 37.1 Å². The van der Waals surface area contributed by atoms with Crippen LogP contribution in [0.15, 0.2) is 24.3 Å². The summed E-state index contributed by atoms with van der Waals surface area (Å²) < 4.78 is 0. The molecular formula is C17H24N4.